The number of aliphatic hydroxyl groups is 1. The van der Waals surface area contributed by atoms with E-state index in [4.69, 9.17) is 4.98 Å². The van der Waals surface area contributed by atoms with Gasteiger partial charge >= 0.3 is 0 Å². The first kappa shape index (κ1) is 23.2. The first-order chi connectivity index (χ1) is 17.0. The van der Waals surface area contributed by atoms with E-state index in [2.05, 4.69) is 15.2 Å². The van der Waals surface area contributed by atoms with Crippen molar-refractivity contribution in [2.75, 3.05) is 16.8 Å². The van der Waals surface area contributed by atoms with E-state index in [9.17, 15) is 14.3 Å². The summed E-state index contributed by atoms with van der Waals surface area (Å²) in [5, 5.41) is 15.2. The SMILES string of the molecule is C[C@H](O)c1ccc(N2CCC[C@@H]2c2csc(NC(=O)c3cccn3Cc3ccnc(F)c3)n2)cc1. The minimum Gasteiger partial charge on any atom is -0.389 e. The van der Waals surface area contributed by atoms with Gasteiger partial charge in [0.05, 0.1) is 17.8 Å². The molecule has 7 nitrogen and oxygen atoms in total. The van der Waals surface area contributed by atoms with Crippen LogP contribution in [0.25, 0.3) is 0 Å². The Morgan fingerprint density at radius 3 is 2.89 bits per heavy atom. The Labute approximate surface area is 206 Å². The number of nitrogens with one attached hydrogen (secondary N) is 1. The summed E-state index contributed by atoms with van der Waals surface area (Å²) in [5.41, 5.74) is 4.12. The van der Waals surface area contributed by atoms with Crippen LogP contribution in [0.15, 0.2) is 66.3 Å². The van der Waals surface area contributed by atoms with Gasteiger partial charge < -0.3 is 14.6 Å². The normalized spacial score (nSPS) is 16.4. The molecule has 1 amide bonds. The van der Waals surface area contributed by atoms with Gasteiger partial charge in [0.15, 0.2) is 5.13 Å². The van der Waals surface area contributed by atoms with E-state index in [1.54, 1.807) is 35.9 Å². The summed E-state index contributed by atoms with van der Waals surface area (Å²) in [4.78, 5) is 23.6. The molecule has 1 aliphatic rings. The van der Waals surface area contributed by atoms with Crippen LogP contribution in [0.5, 0.6) is 0 Å². The molecule has 2 atom stereocenters. The van der Waals surface area contributed by atoms with Crippen LogP contribution in [0.1, 0.15) is 59.2 Å². The number of carbonyl (C=O) groups is 1. The van der Waals surface area contributed by atoms with Crippen LogP contribution in [0, 0.1) is 5.95 Å². The molecule has 180 valence electrons. The number of hydrogen-bond donors (Lipinski definition) is 2. The number of anilines is 2. The van der Waals surface area contributed by atoms with Gasteiger partial charge in [-0.25, -0.2) is 9.97 Å². The van der Waals surface area contributed by atoms with E-state index >= 15 is 0 Å². The Hall–Kier alpha value is -3.56. The van der Waals surface area contributed by atoms with Crippen LogP contribution in [0.3, 0.4) is 0 Å². The molecule has 0 bridgehead atoms. The third-order valence-corrected chi connectivity index (χ3v) is 7.03. The van der Waals surface area contributed by atoms with Crippen molar-refractivity contribution in [1.29, 1.82) is 0 Å². The van der Waals surface area contributed by atoms with Gasteiger partial charge in [-0.15, -0.1) is 11.3 Å². The molecule has 0 unspecified atom stereocenters. The van der Waals surface area contributed by atoms with Crippen molar-refractivity contribution in [2.24, 2.45) is 0 Å². The van der Waals surface area contributed by atoms with Crippen LogP contribution in [0.4, 0.5) is 15.2 Å². The zero-order valence-corrected chi connectivity index (χ0v) is 20.1. The first-order valence-electron chi connectivity index (χ1n) is 11.5. The van der Waals surface area contributed by atoms with Crippen molar-refractivity contribution in [1.82, 2.24) is 14.5 Å². The molecule has 5 rings (SSSR count). The molecule has 0 radical (unpaired) electrons. The maximum Gasteiger partial charge on any atom is 0.274 e. The molecule has 1 aliphatic heterocycles. The summed E-state index contributed by atoms with van der Waals surface area (Å²) < 4.78 is 15.2. The van der Waals surface area contributed by atoms with Crippen LogP contribution in [-0.2, 0) is 6.54 Å². The van der Waals surface area contributed by atoms with Gasteiger partial charge in [-0.3, -0.25) is 10.1 Å². The molecule has 1 fully saturated rings. The number of pyridine rings is 1. The molecule has 35 heavy (non-hydrogen) atoms. The monoisotopic (exact) mass is 491 g/mol. The van der Waals surface area contributed by atoms with Gasteiger partial charge in [0.25, 0.3) is 5.91 Å². The second-order valence-corrected chi connectivity index (χ2v) is 9.52. The average Bonchev–Trinajstić information content (AvgIpc) is 3.60. The van der Waals surface area contributed by atoms with E-state index in [0.29, 0.717) is 17.4 Å². The lowest BCUT2D eigenvalue weighted by Crippen LogP contribution is -2.23. The van der Waals surface area contributed by atoms with Crippen LogP contribution >= 0.6 is 11.3 Å². The number of amides is 1. The number of aromatic nitrogens is 3. The van der Waals surface area contributed by atoms with Gasteiger partial charge in [-0.1, -0.05) is 12.1 Å². The Morgan fingerprint density at radius 2 is 2.11 bits per heavy atom. The summed E-state index contributed by atoms with van der Waals surface area (Å²) in [6.07, 6.45) is 4.76. The lowest BCUT2D eigenvalue weighted by molar-refractivity contribution is 0.101. The summed E-state index contributed by atoms with van der Waals surface area (Å²) >= 11 is 1.41. The topological polar surface area (TPSA) is 83.3 Å². The molecule has 4 aromatic rings. The quantitative estimate of drug-likeness (QED) is 0.348. The van der Waals surface area contributed by atoms with E-state index < -0.39 is 12.1 Å². The van der Waals surface area contributed by atoms with Crippen LogP contribution in [0.2, 0.25) is 0 Å². The maximum atomic E-state index is 13.4. The van der Waals surface area contributed by atoms with Crippen molar-refractivity contribution in [2.45, 2.75) is 38.5 Å². The van der Waals surface area contributed by atoms with Gasteiger partial charge in [-0.05, 0) is 67.3 Å². The van der Waals surface area contributed by atoms with Crippen molar-refractivity contribution < 1.29 is 14.3 Å². The second kappa shape index (κ2) is 9.97. The Bertz CT molecular complexity index is 1320. The number of nitrogens with zero attached hydrogens (tertiary/aromatic N) is 4. The fraction of sp³-hybridized carbons (Fsp3) is 0.269. The standard InChI is InChI=1S/C26H26FN5O2S/c1-17(33)19-6-8-20(9-7-19)32-13-3-4-22(32)21-16-35-26(29-21)30-25(34)23-5-2-12-31(23)15-18-10-11-28-24(27)14-18/h2,5-12,14,16-17,22,33H,3-4,13,15H2,1H3,(H,29,30,34)/t17-,22+/m0/s1. The summed E-state index contributed by atoms with van der Waals surface area (Å²) in [7, 11) is 0. The predicted octanol–water partition coefficient (Wildman–Crippen LogP) is 5.17. The first-order valence-corrected chi connectivity index (χ1v) is 12.4. The van der Waals surface area contributed by atoms with Crippen molar-refractivity contribution in [3.8, 4) is 0 Å². The highest BCUT2D eigenvalue weighted by Gasteiger charge is 2.28. The molecule has 0 aliphatic carbocycles. The molecular weight excluding hydrogens is 465 g/mol. The van der Waals surface area contributed by atoms with Gasteiger partial charge in [-0.2, -0.15) is 4.39 Å². The van der Waals surface area contributed by atoms with Crippen molar-refractivity contribution >= 4 is 28.1 Å². The molecule has 1 aromatic carbocycles. The van der Waals surface area contributed by atoms with Gasteiger partial charge in [0.1, 0.15) is 5.69 Å². The van der Waals surface area contributed by atoms with E-state index in [1.807, 2.05) is 29.6 Å². The number of rotatable bonds is 7. The van der Waals surface area contributed by atoms with Crippen LogP contribution < -0.4 is 10.2 Å². The third-order valence-electron chi connectivity index (χ3n) is 6.25. The largest absolute Gasteiger partial charge is 0.389 e. The molecule has 1 saturated heterocycles. The Balaban J connectivity index is 1.28. The molecular formula is C26H26FN5O2S. The van der Waals surface area contributed by atoms with Crippen LogP contribution in [-0.4, -0.2) is 32.1 Å². The molecule has 3 aromatic heterocycles. The smallest absolute Gasteiger partial charge is 0.274 e. The Morgan fingerprint density at radius 1 is 1.29 bits per heavy atom. The minimum absolute atomic E-state index is 0.139. The lowest BCUT2D eigenvalue weighted by Gasteiger charge is -2.26. The summed E-state index contributed by atoms with van der Waals surface area (Å²) in [6.45, 7) is 3.05. The highest BCUT2D eigenvalue weighted by molar-refractivity contribution is 7.14. The van der Waals surface area contributed by atoms with E-state index in [1.165, 1.54) is 23.6 Å². The number of thiazole rings is 1. The minimum atomic E-state index is -0.546. The lowest BCUT2D eigenvalue weighted by atomic mass is 10.1. The van der Waals surface area contributed by atoms with E-state index in [0.717, 1.165) is 41.9 Å². The fourth-order valence-corrected chi connectivity index (χ4v) is 5.23. The Kier molecular flexibility index (Phi) is 6.61. The van der Waals surface area contributed by atoms with E-state index in [-0.39, 0.29) is 11.9 Å². The molecule has 4 heterocycles. The van der Waals surface area contributed by atoms with Crippen molar-refractivity contribution in [3.05, 3.63) is 94.8 Å². The number of benzene rings is 1. The molecule has 9 heteroatoms. The number of aliphatic hydroxyl groups excluding tert-OH is 1. The predicted molar refractivity (Wildman–Crippen MR) is 134 cm³/mol. The zero-order valence-electron chi connectivity index (χ0n) is 19.3. The second-order valence-electron chi connectivity index (χ2n) is 8.66. The number of halogens is 1. The van der Waals surface area contributed by atoms with Gasteiger partial charge in [0, 0.05) is 36.6 Å². The molecule has 0 saturated carbocycles. The highest BCUT2D eigenvalue weighted by Crippen LogP contribution is 2.37. The number of hydrogen-bond acceptors (Lipinski definition) is 6. The molecule has 2 N–H and O–H groups in total. The third kappa shape index (κ3) is 5.11. The summed E-state index contributed by atoms with van der Waals surface area (Å²) in [5.74, 6) is -0.807. The van der Waals surface area contributed by atoms with Crippen molar-refractivity contribution in [3.63, 3.8) is 0 Å². The molecule has 0 spiro atoms. The average molecular weight is 492 g/mol. The summed E-state index contributed by atoms with van der Waals surface area (Å²) in [6, 6.07) is 14.7. The number of carbonyl (C=O) groups excluding carboxylic acids is 1. The van der Waals surface area contributed by atoms with Gasteiger partial charge in [0.2, 0.25) is 5.95 Å². The fourth-order valence-electron chi connectivity index (χ4n) is 4.48. The zero-order chi connectivity index (χ0) is 24.4. The maximum absolute atomic E-state index is 13.4. The highest BCUT2D eigenvalue weighted by atomic mass is 32.1.